The first kappa shape index (κ1) is 8.13. The van der Waals surface area contributed by atoms with E-state index in [1.807, 2.05) is 13.8 Å². The van der Waals surface area contributed by atoms with E-state index in [0.29, 0.717) is 5.69 Å². The van der Waals surface area contributed by atoms with Gasteiger partial charge in [0.2, 0.25) is 0 Å². The zero-order valence-electron chi connectivity index (χ0n) is 6.37. The van der Waals surface area contributed by atoms with E-state index in [-0.39, 0.29) is 11.9 Å². The molecule has 0 atom stereocenters. The van der Waals surface area contributed by atoms with Crippen LogP contribution in [0.3, 0.4) is 0 Å². The van der Waals surface area contributed by atoms with Gasteiger partial charge < -0.3 is 5.32 Å². The van der Waals surface area contributed by atoms with Crippen molar-refractivity contribution in [3.63, 3.8) is 0 Å². The Morgan fingerprint density at radius 1 is 1.73 bits per heavy atom. The molecule has 1 aromatic heterocycles. The largest absolute Gasteiger partial charge is 0.348 e. The summed E-state index contributed by atoms with van der Waals surface area (Å²) in [5.74, 6) is -0.159. The van der Waals surface area contributed by atoms with E-state index >= 15 is 0 Å². The summed E-state index contributed by atoms with van der Waals surface area (Å²) in [4.78, 5) is 11.1. The molecule has 0 aliphatic carbocycles. The van der Waals surface area contributed by atoms with Gasteiger partial charge in [-0.25, -0.2) is 0 Å². The van der Waals surface area contributed by atoms with Crippen LogP contribution < -0.4 is 5.32 Å². The first-order valence-electron chi connectivity index (χ1n) is 3.28. The van der Waals surface area contributed by atoms with Crippen molar-refractivity contribution in [2.75, 3.05) is 0 Å². The highest BCUT2D eigenvalue weighted by Gasteiger charge is 2.08. The van der Waals surface area contributed by atoms with Crippen molar-refractivity contribution in [1.29, 1.82) is 0 Å². The van der Waals surface area contributed by atoms with E-state index in [1.165, 1.54) is 6.20 Å². The molecule has 1 amide bonds. The lowest BCUT2D eigenvalue weighted by atomic mass is 10.3. The molecule has 1 rings (SSSR count). The molecule has 0 aliphatic rings. The van der Waals surface area contributed by atoms with Crippen molar-refractivity contribution in [2.24, 2.45) is 0 Å². The number of carbonyl (C=O) groups excluding carboxylic acids is 1. The van der Waals surface area contributed by atoms with Crippen LogP contribution in [0.4, 0.5) is 0 Å². The van der Waals surface area contributed by atoms with E-state index in [9.17, 15) is 4.79 Å². The third kappa shape index (κ3) is 2.27. The molecule has 1 heterocycles. The summed E-state index contributed by atoms with van der Waals surface area (Å²) in [7, 11) is 0. The highest BCUT2D eigenvalue weighted by molar-refractivity contribution is 6.99. The molecular formula is C6H9N3OS. The summed E-state index contributed by atoms with van der Waals surface area (Å²) < 4.78 is 7.51. The lowest BCUT2D eigenvalue weighted by molar-refractivity contribution is 0.0939. The van der Waals surface area contributed by atoms with Crippen molar-refractivity contribution in [3.05, 3.63) is 11.9 Å². The summed E-state index contributed by atoms with van der Waals surface area (Å²) in [5, 5.41) is 2.71. The van der Waals surface area contributed by atoms with Crippen LogP contribution in [0.15, 0.2) is 6.20 Å². The first-order chi connectivity index (χ1) is 5.20. The molecule has 0 radical (unpaired) electrons. The third-order valence-electron chi connectivity index (χ3n) is 1.01. The highest BCUT2D eigenvalue weighted by atomic mass is 32.1. The molecule has 0 saturated heterocycles. The standard InChI is InChI=1S/C6H9N3OS/c1-4(2)8-6(10)5-3-7-11-9-5/h3-4H,1-2H3,(H,8,10). The van der Waals surface area contributed by atoms with E-state index in [0.717, 1.165) is 11.7 Å². The molecule has 0 spiro atoms. The molecule has 60 valence electrons. The number of amides is 1. The second-order valence-electron chi connectivity index (χ2n) is 2.42. The Kier molecular flexibility index (Phi) is 2.53. The van der Waals surface area contributed by atoms with Gasteiger partial charge in [-0.1, -0.05) is 0 Å². The van der Waals surface area contributed by atoms with E-state index in [1.54, 1.807) is 0 Å². The summed E-state index contributed by atoms with van der Waals surface area (Å²) in [6.07, 6.45) is 1.46. The minimum absolute atomic E-state index is 0.143. The van der Waals surface area contributed by atoms with Gasteiger partial charge in [-0.05, 0) is 13.8 Å². The van der Waals surface area contributed by atoms with E-state index < -0.39 is 0 Å². The minimum Gasteiger partial charge on any atom is -0.348 e. The van der Waals surface area contributed by atoms with Gasteiger partial charge in [0.1, 0.15) is 0 Å². The van der Waals surface area contributed by atoms with Gasteiger partial charge >= 0.3 is 0 Å². The fourth-order valence-corrected chi connectivity index (χ4v) is 1.01. The fourth-order valence-electron chi connectivity index (χ4n) is 0.601. The average molecular weight is 171 g/mol. The molecule has 0 aromatic carbocycles. The Hall–Kier alpha value is -0.970. The average Bonchev–Trinajstić information content (AvgIpc) is 2.35. The fraction of sp³-hybridized carbons (Fsp3) is 0.500. The Balaban J connectivity index is 2.57. The van der Waals surface area contributed by atoms with Crippen molar-refractivity contribution in [1.82, 2.24) is 14.1 Å². The zero-order chi connectivity index (χ0) is 8.27. The summed E-state index contributed by atoms with van der Waals surface area (Å²) in [6.45, 7) is 3.80. The number of hydrogen-bond acceptors (Lipinski definition) is 4. The first-order valence-corrected chi connectivity index (χ1v) is 4.01. The quantitative estimate of drug-likeness (QED) is 0.711. The number of rotatable bonds is 2. The van der Waals surface area contributed by atoms with Gasteiger partial charge in [-0.3, -0.25) is 4.79 Å². The monoisotopic (exact) mass is 171 g/mol. The number of aromatic nitrogens is 2. The third-order valence-corrected chi connectivity index (χ3v) is 1.49. The maximum absolute atomic E-state index is 11.1. The Labute approximate surface area is 69.0 Å². The van der Waals surface area contributed by atoms with E-state index in [2.05, 4.69) is 14.1 Å². The van der Waals surface area contributed by atoms with Crippen molar-refractivity contribution < 1.29 is 4.79 Å². The Morgan fingerprint density at radius 2 is 2.45 bits per heavy atom. The van der Waals surface area contributed by atoms with Crippen LogP contribution in [-0.2, 0) is 0 Å². The van der Waals surface area contributed by atoms with E-state index in [4.69, 9.17) is 0 Å². The summed E-state index contributed by atoms with van der Waals surface area (Å²) >= 11 is 1.03. The summed E-state index contributed by atoms with van der Waals surface area (Å²) in [5.41, 5.74) is 0.392. The molecule has 5 heteroatoms. The van der Waals surface area contributed by atoms with Crippen LogP contribution >= 0.6 is 11.7 Å². The SMILES string of the molecule is CC(C)NC(=O)c1cnsn1. The van der Waals surface area contributed by atoms with Gasteiger partial charge in [0.05, 0.1) is 17.9 Å². The minimum atomic E-state index is -0.159. The predicted octanol–water partition coefficient (Wildman–Crippen LogP) is 0.676. The lowest BCUT2D eigenvalue weighted by Gasteiger charge is -2.04. The number of nitrogens with zero attached hydrogens (tertiary/aromatic N) is 2. The van der Waals surface area contributed by atoms with Crippen molar-refractivity contribution in [3.8, 4) is 0 Å². The van der Waals surface area contributed by atoms with Gasteiger partial charge in [-0.2, -0.15) is 8.75 Å². The molecular weight excluding hydrogens is 162 g/mol. The van der Waals surface area contributed by atoms with Crippen LogP contribution in [0.2, 0.25) is 0 Å². The maximum Gasteiger partial charge on any atom is 0.272 e. The Bertz CT molecular complexity index is 232. The number of nitrogens with one attached hydrogen (secondary N) is 1. The lowest BCUT2D eigenvalue weighted by Crippen LogP contribution is -2.30. The molecule has 0 unspecified atom stereocenters. The molecule has 0 fully saturated rings. The number of carbonyl (C=O) groups is 1. The second-order valence-corrected chi connectivity index (χ2v) is 2.98. The normalized spacial score (nSPS) is 10.1. The van der Waals surface area contributed by atoms with Crippen LogP contribution in [-0.4, -0.2) is 20.7 Å². The molecule has 1 N–H and O–H groups in total. The van der Waals surface area contributed by atoms with Crippen LogP contribution in [0.25, 0.3) is 0 Å². The Morgan fingerprint density at radius 3 is 2.91 bits per heavy atom. The zero-order valence-corrected chi connectivity index (χ0v) is 7.18. The molecule has 11 heavy (non-hydrogen) atoms. The summed E-state index contributed by atoms with van der Waals surface area (Å²) in [6, 6.07) is 0.143. The van der Waals surface area contributed by atoms with Gasteiger partial charge in [0.15, 0.2) is 5.69 Å². The van der Waals surface area contributed by atoms with Crippen LogP contribution in [0, 0.1) is 0 Å². The van der Waals surface area contributed by atoms with Crippen LogP contribution in [0.5, 0.6) is 0 Å². The van der Waals surface area contributed by atoms with Gasteiger partial charge in [0.25, 0.3) is 5.91 Å². The van der Waals surface area contributed by atoms with Gasteiger partial charge in [-0.15, -0.1) is 0 Å². The topological polar surface area (TPSA) is 54.9 Å². The van der Waals surface area contributed by atoms with Gasteiger partial charge in [0, 0.05) is 6.04 Å². The molecule has 0 saturated carbocycles. The smallest absolute Gasteiger partial charge is 0.272 e. The molecule has 4 nitrogen and oxygen atoms in total. The predicted molar refractivity (Wildman–Crippen MR) is 42.5 cm³/mol. The van der Waals surface area contributed by atoms with Crippen LogP contribution in [0.1, 0.15) is 24.3 Å². The van der Waals surface area contributed by atoms with Crippen molar-refractivity contribution >= 4 is 17.6 Å². The number of hydrogen-bond donors (Lipinski definition) is 1. The maximum atomic E-state index is 11.1. The second kappa shape index (κ2) is 3.43. The molecule has 0 bridgehead atoms. The molecule has 1 aromatic rings. The molecule has 0 aliphatic heterocycles. The van der Waals surface area contributed by atoms with Crippen molar-refractivity contribution in [2.45, 2.75) is 19.9 Å². The highest BCUT2D eigenvalue weighted by Crippen LogP contribution is 1.94.